The summed E-state index contributed by atoms with van der Waals surface area (Å²) in [5, 5.41) is 11.2. The van der Waals surface area contributed by atoms with Gasteiger partial charge in [-0.1, -0.05) is 47.1 Å². The van der Waals surface area contributed by atoms with Gasteiger partial charge in [0.15, 0.2) is 11.5 Å². The second-order valence-corrected chi connectivity index (χ2v) is 8.09. The van der Waals surface area contributed by atoms with Crippen molar-refractivity contribution in [2.45, 2.75) is 33.9 Å². The summed E-state index contributed by atoms with van der Waals surface area (Å²) in [4.78, 5) is 12.9. The number of hydrogen-bond donors (Lipinski definition) is 1. The molecule has 0 radical (unpaired) electrons. The number of nitrogens with one attached hydrogen (secondary N) is 1. The van der Waals surface area contributed by atoms with Crippen LogP contribution in [0.15, 0.2) is 53.2 Å². The molecule has 1 N–H and O–H groups in total. The lowest BCUT2D eigenvalue weighted by Crippen LogP contribution is -2.16. The number of rotatable bonds is 7. The summed E-state index contributed by atoms with van der Waals surface area (Å²) in [5.41, 5.74) is 3.47. The molecule has 2 heterocycles. The zero-order valence-corrected chi connectivity index (χ0v) is 19.1. The number of carbonyl (C=O) groups excluding carboxylic acids is 1. The number of ether oxygens (including phenoxy) is 1. The van der Waals surface area contributed by atoms with Crippen LogP contribution in [0.3, 0.4) is 0 Å². The summed E-state index contributed by atoms with van der Waals surface area (Å²) < 4.78 is 25.9. The minimum absolute atomic E-state index is 0.0999. The molecule has 0 saturated carbocycles. The van der Waals surface area contributed by atoms with Crippen LogP contribution < -0.4 is 10.1 Å². The maximum atomic E-state index is 13.1. The van der Waals surface area contributed by atoms with Gasteiger partial charge in [0.05, 0.1) is 12.1 Å². The van der Waals surface area contributed by atoms with E-state index < -0.39 is 5.91 Å². The summed E-state index contributed by atoms with van der Waals surface area (Å²) in [7, 11) is 0. The quantitative estimate of drug-likeness (QED) is 0.389. The van der Waals surface area contributed by atoms with Crippen LogP contribution in [-0.4, -0.2) is 20.8 Å². The van der Waals surface area contributed by atoms with Crippen molar-refractivity contribution in [3.05, 3.63) is 93.2 Å². The van der Waals surface area contributed by atoms with Crippen molar-refractivity contribution < 1.29 is 18.4 Å². The molecule has 0 aliphatic heterocycles. The third kappa shape index (κ3) is 5.06. The molecule has 0 aliphatic carbocycles. The van der Waals surface area contributed by atoms with Crippen LogP contribution in [0.25, 0.3) is 0 Å². The number of nitrogens with zero attached hydrogens (tertiary/aromatic N) is 3. The van der Waals surface area contributed by atoms with E-state index in [4.69, 9.17) is 20.9 Å². The molecule has 0 atom stereocenters. The highest BCUT2D eigenvalue weighted by Crippen LogP contribution is 2.26. The van der Waals surface area contributed by atoms with E-state index in [1.165, 1.54) is 12.1 Å². The molecule has 0 fully saturated rings. The zero-order chi connectivity index (χ0) is 23.5. The fraction of sp³-hybridized carbons (Fsp3) is 0.208. The van der Waals surface area contributed by atoms with E-state index in [2.05, 4.69) is 15.6 Å². The van der Waals surface area contributed by atoms with E-state index >= 15 is 0 Å². The van der Waals surface area contributed by atoms with Gasteiger partial charge in [0.1, 0.15) is 29.0 Å². The lowest BCUT2D eigenvalue weighted by atomic mass is 10.1. The summed E-state index contributed by atoms with van der Waals surface area (Å²) in [5.74, 6) is 0.601. The fourth-order valence-electron chi connectivity index (χ4n) is 3.42. The van der Waals surface area contributed by atoms with Crippen LogP contribution in [0.5, 0.6) is 5.75 Å². The van der Waals surface area contributed by atoms with Gasteiger partial charge in [0.2, 0.25) is 0 Å². The molecule has 0 unspecified atom stereocenters. The molecule has 7 nitrogen and oxygen atoms in total. The van der Waals surface area contributed by atoms with Crippen LogP contribution in [-0.2, 0) is 13.2 Å². The van der Waals surface area contributed by atoms with Crippen molar-refractivity contribution in [2.24, 2.45) is 0 Å². The highest BCUT2D eigenvalue weighted by molar-refractivity contribution is 6.33. The molecule has 2 aromatic heterocycles. The van der Waals surface area contributed by atoms with Crippen molar-refractivity contribution in [1.82, 2.24) is 14.9 Å². The Bertz CT molecular complexity index is 1280. The number of carbonyl (C=O) groups is 1. The monoisotopic (exact) mass is 468 g/mol. The Morgan fingerprint density at radius 1 is 1.15 bits per heavy atom. The van der Waals surface area contributed by atoms with Gasteiger partial charge in [-0.3, -0.25) is 9.48 Å². The van der Waals surface area contributed by atoms with Crippen molar-refractivity contribution in [3.63, 3.8) is 0 Å². The van der Waals surface area contributed by atoms with Gasteiger partial charge in [0.25, 0.3) is 5.91 Å². The zero-order valence-electron chi connectivity index (χ0n) is 18.4. The Labute approximate surface area is 195 Å². The fourth-order valence-corrected chi connectivity index (χ4v) is 3.61. The second-order valence-electron chi connectivity index (χ2n) is 7.68. The molecule has 0 saturated heterocycles. The van der Waals surface area contributed by atoms with Gasteiger partial charge in [-0.2, -0.15) is 5.10 Å². The van der Waals surface area contributed by atoms with Crippen LogP contribution in [0.2, 0.25) is 5.02 Å². The van der Waals surface area contributed by atoms with Crippen molar-refractivity contribution in [1.29, 1.82) is 0 Å². The average molecular weight is 469 g/mol. The van der Waals surface area contributed by atoms with E-state index in [1.54, 1.807) is 29.9 Å². The third-order valence-electron chi connectivity index (χ3n) is 5.18. The molecule has 0 bridgehead atoms. The van der Waals surface area contributed by atoms with Crippen LogP contribution >= 0.6 is 11.6 Å². The topological polar surface area (TPSA) is 82.2 Å². The molecule has 4 rings (SSSR count). The van der Waals surface area contributed by atoms with Gasteiger partial charge >= 0.3 is 0 Å². The molecule has 4 aromatic rings. The Balaban J connectivity index is 1.48. The number of para-hydroxylation sites is 1. The van der Waals surface area contributed by atoms with Gasteiger partial charge in [-0.05, 0) is 49.6 Å². The van der Waals surface area contributed by atoms with Gasteiger partial charge in [0, 0.05) is 6.20 Å². The molecule has 170 valence electrons. The van der Waals surface area contributed by atoms with Crippen molar-refractivity contribution in [2.75, 3.05) is 5.32 Å². The maximum absolute atomic E-state index is 13.1. The van der Waals surface area contributed by atoms with E-state index in [0.29, 0.717) is 17.9 Å². The summed E-state index contributed by atoms with van der Waals surface area (Å²) in [6.07, 6.45) is 1.58. The molecular weight excluding hydrogens is 447 g/mol. The molecule has 0 spiro atoms. The molecular formula is C24H22ClFN4O3. The first-order valence-corrected chi connectivity index (χ1v) is 10.6. The van der Waals surface area contributed by atoms with Crippen LogP contribution in [0, 0.1) is 26.6 Å². The standard InChI is InChI=1S/C24H22ClFN4O3/c1-14-5-4-6-15(2)22(14)32-13-19-16(3)33-29-21(19)24(31)27-23-20(25)12-30(28-23)11-17-7-9-18(26)10-8-17/h4-10,12H,11,13H2,1-3H3,(H,27,28,31). The third-order valence-corrected chi connectivity index (χ3v) is 5.45. The summed E-state index contributed by atoms with van der Waals surface area (Å²) in [6, 6.07) is 11.9. The minimum atomic E-state index is -0.513. The van der Waals surface area contributed by atoms with E-state index in [0.717, 1.165) is 22.4 Å². The van der Waals surface area contributed by atoms with Crippen LogP contribution in [0.1, 0.15) is 38.5 Å². The molecule has 2 aromatic carbocycles. The number of hydrogen-bond acceptors (Lipinski definition) is 5. The maximum Gasteiger partial charge on any atom is 0.279 e. The Hall–Kier alpha value is -3.65. The van der Waals surface area contributed by atoms with Crippen LogP contribution in [0.4, 0.5) is 10.2 Å². The van der Waals surface area contributed by atoms with Crippen molar-refractivity contribution >= 4 is 23.3 Å². The first-order valence-electron chi connectivity index (χ1n) is 10.2. The number of amides is 1. The molecule has 1 amide bonds. The summed E-state index contributed by atoms with van der Waals surface area (Å²) >= 11 is 6.26. The molecule has 9 heteroatoms. The SMILES string of the molecule is Cc1cccc(C)c1OCc1c(C(=O)Nc2nn(Cc3ccc(F)cc3)cc2Cl)noc1C. The van der Waals surface area contributed by atoms with E-state index in [9.17, 15) is 9.18 Å². The first kappa shape index (κ1) is 22.5. The lowest BCUT2D eigenvalue weighted by Gasteiger charge is -2.12. The average Bonchev–Trinajstić information content (AvgIpc) is 3.31. The van der Waals surface area contributed by atoms with E-state index in [-0.39, 0.29) is 29.0 Å². The highest BCUT2D eigenvalue weighted by Gasteiger charge is 2.23. The molecule has 0 aliphatic rings. The number of anilines is 1. The number of aryl methyl sites for hydroxylation is 3. The lowest BCUT2D eigenvalue weighted by molar-refractivity contribution is 0.101. The van der Waals surface area contributed by atoms with Gasteiger partial charge < -0.3 is 14.6 Å². The normalized spacial score (nSPS) is 10.9. The smallest absolute Gasteiger partial charge is 0.279 e. The second kappa shape index (κ2) is 9.46. The van der Waals surface area contributed by atoms with Crippen molar-refractivity contribution in [3.8, 4) is 5.75 Å². The Morgan fingerprint density at radius 3 is 2.55 bits per heavy atom. The van der Waals surface area contributed by atoms with Gasteiger partial charge in [-0.15, -0.1) is 0 Å². The first-order chi connectivity index (χ1) is 15.8. The molecule has 33 heavy (non-hydrogen) atoms. The summed E-state index contributed by atoms with van der Waals surface area (Å²) in [6.45, 7) is 6.13. The largest absolute Gasteiger partial charge is 0.488 e. The highest BCUT2D eigenvalue weighted by atomic mass is 35.5. The van der Waals surface area contributed by atoms with E-state index in [1.807, 2.05) is 32.0 Å². The number of halogens is 2. The predicted octanol–water partition coefficient (Wildman–Crippen LogP) is 5.47. The minimum Gasteiger partial charge on any atom is -0.488 e. The Morgan fingerprint density at radius 2 is 1.85 bits per heavy atom. The number of aromatic nitrogens is 3. The number of benzene rings is 2. The Kier molecular flexibility index (Phi) is 6.46. The predicted molar refractivity (Wildman–Crippen MR) is 122 cm³/mol. The van der Waals surface area contributed by atoms with Gasteiger partial charge in [-0.25, -0.2) is 4.39 Å².